The first-order valence-corrected chi connectivity index (χ1v) is 12.1. The molecular formula is C20H20N2O3S3. The average molecular weight is 433 g/mol. The van der Waals surface area contributed by atoms with E-state index in [1.54, 1.807) is 22.4 Å². The van der Waals surface area contributed by atoms with Crippen molar-refractivity contribution in [1.82, 2.24) is 9.21 Å². The van der Waals surface area contributed by atoms with Crippen molar-refractivity contribution in [2.75, 3.05) is 26.2 Å². The number of carbonyl (C=O) groups excluding carboxylic acids is 1. The van der Waals surface area contributed by atoms with Crippen molar-refractivity contribution in [2.24, 2.45) is 0 Å². The summed E-state index contributed by atoms with van der Waals surface area (Å²) in [5, 5.41) is 3.69. The van der Waals surface area contributed by atoms with Gasteiger partial charge in [0.25, 0.3) is 15.9 Å². The standard InChI is InChI=1S/C20H20N2O3S3/c1-15-4-6-16(7-5-15)17-8-14-27-19(17)20(23)21-9-11-22(12-10-21)28(24,25)18-3-2-13-26-18/h2-8,13-14H,9-12H2,1H3. The van der Waals surface area contributed by atoms with Crippen LogP contribution in [0.15, 0.2) is 57.4 Å². The Labute approximate surface area is 172 Å². The largest absolute Gasteiger partial charge is 0.335 e. The monoisotopic (exact) mass is 432 g/mol. The van der Waals surface area contributed by atoms with Gasteiger partial charge in [-0.3, -0.25) is 4.79 Å². The van der Waals surface area contributed by atoms with Crippen molar-refractivity contribution < 1.29 is 13.2 Å². The summed E-state index contributed by atoms with van der Waals surface area (Å²) in [4.78, 5) is 15.5. The fraction of sp³-hybridized carbons (Fsp3) is 0.250. The van der Waals surface area contributed by atoms with E-state index in [1.807, 2.05) is 42.6 Å². The van der Waals surface area contributed by atoms with Gasteiger partial charge in [-0.1, -0.05) is 35.9 Å². The Morgan fingerprint density at radius 2 is 1.64 bits per heavy atom. The van der Waals surface area contributed by atoms with Crippen molar-refractivity contribution >= 4 is 38.6 Å². The molecule has 5 nitrogen and oxygen atoms in total. The van der Waals surface area contributed by atoms with Crippen LogP contribution in [0.3, 0.4) is 0 Å². The number of aryl methyl sites for hydroxylation is 1. The zero-order valence-electron chi connectivity index (χ0n) is 15.4. The van der Waals surface area contributed by atoms with Gasteiger partial charge in [-0.05, 0) is 35.4 Å². The molecule has 3 aromatic rings. The molecule has 0 atom stereocenters. The Hall–Kier alpha value is -2.00. The van der Waals surface area contributed by atoms with Crippen LogP contribution in [0.5, 0.6) is 0 Å². The maximum absolute atomic E-state index is 13.1. The van der Waals surface area contributed by atoms with Gasteiger partial charge in [-0.15, -0.1) is 22.7 Å². The molecule has 1 aliphatic rings. The molecule has 8 heteroatoms. The van der Waals surface area contributed by atoms with E-state index in [9.17, 15) is 13.2 Å². The first kappa shape index (κ1) is 19.3. The normalized spacial score (nSPS) is 15.7. The van der Waals surface area contributed by atoms with Crippen molar-refractivity contribution in [3.05, 3.63) is 63.7 Å². The Kier molecular flexibility index (Phi) is 5.37. The van der Waals surface area contributed by atoms with Crippen LogP contribution in [0.25, 0.3) is 11.1 Å². The van der Waals surface area contributed by atoms with Gasteiger partial charge in [0.15, 0.2) is 0 Å². The number of thiophene rings is 2. The lowest BCUT2D eigenvalue weighted by Crippen LogP contribution is -2.50. The fourth-order valence-electron chi connectivity index (χ4n) is 3.25. The summed E-state index contributed by atoms with van der Waals surface area (Å²) < 4.78 is 27.1. The summed E-state index contributed by atoms with van der Waals surface area (Å²) >= 11 is 2.65. The SMILES string of the molecule is Cc1ccc(-c2ccsc2C(=O)N2CCN(S(=O)(=O)c3cccs3)CC2)cc1. The zero-order valence-corrected chi connectivity index (χ0v) is 17.8. The Bertz CT molecular complexity index is 1060. The van der Waals surface area contributed by atoms with Crippen LogP contribution in [0, 0.1) is 6.92 Å². The van der Waals surface area contributed by atoms with Crippen LogP contribution in [-0.4, -0.2) is 49.7 Å². The number of sulfonamides is 1. The molecule has 1 amide bonds. The van der Waals surface area contributed by atoms with E-state index < -0.39 is 10.0 Å². The van der Waals surface area contributed by atoms with Crippen LogP contribution < -0.4 is 0 Å². The van der Waals surface area contributed by atoms with E-state index in [0.29, 0.717) is 35.3 Å². The van der Waals surface area contributed by atoms with Gasteiger partial charge in [-0.2, -0.15) is 4.31 Å². The minimum Gasteiger partial charge on any atom is -0.335 e. The Morgan fingerprint density at radius 3 is 2.29 bits per heavy atom. The molecule has 1 saturated heterocycles. The smallest absolute Gasteiger partial charge is 0.264 e. The minimum atomic E-state index is -3.46. The van der Waals surface area contributed by atoms with Crippen molar-refractivity contribution in [1.29, 1.82) is 0 Å². The van der Waals surface area contributed by atoms with Crippen LogP contribution in [0.4, 0.5) is 0 Å². The number of carbonyl (C=O) groups is 1. The third-order valence-electron chi connectivity index (χ3n) is 4.84. The summed E-state index contributed by atoms with van der Waals surface area (Å²) in [5.74, 6) is -0.0289. The highest BCUT2D eigenvalue weighted by Crippen LogP contribution is 2.30. The number of benzene rings is 1. The number of hydrogen-bond acceptors (Lipinski definition) is 5. The first-order valence-electron chi connectivity index (χ1n) is 8.94. The van der Waals surface area contributed by atoms with Crippen molar-refractivity contribution in [2.45, 2.75) is 11.1 Å². The summed E-state index contributed by atoms with van der Waals surface area (Å²) in [6.07, 6.45) is 0. The molecule has 0 radical (unpaired) electrons. The zero-order chi connectivity index (χ0) is 19.7. The number of amides is 1. The lowest BCUT2D eigenvalue weighted by atomic mass is 10.0. The third-order valence-corrected chi connectivity index (χ3v) is 9.01. The predicted molar refractivity (Wildman–Crippen MR) is 113 cm³/mol. The topological polar surface area (TPSA) is 57.7 Å². The highest BCUT2D eigenvalue weighted by Gasteiger charge is 2.31. The van der Waals surface area contributed by atoms with Gasteiger partial charge in [0.05, 0.1) is 4.88 Å². The number of piperazine rings is 1. The highest BCUT2D eigenvalue weighted by molar-refractivity contribution is 7.91. The quantitative estimate of drug-likeness (QED) is 0.628. The van der Waals surface area contributed by atoms with E-state index in [1.165, 1.54) is 32.5 Å². The van der Waals surface area contributed by atoms with Crippen LogP contribution in [-0.2, 0) is 10.0 Å². The molecule has 3 heterocycles. The molecular weight excluding hydrogens is 412 g/mol. The lowest BCUT2D eigenvalue weighted by Gasteiger charge is -2.33. The third kappa shape index (κ3) is 3.65. The Morgan fingerprint density at radius 1 is 0.929 bits per heavy atom. The van der Waals surface area contributed by atoms with Gasteiger partial charge in [0, 0.05) is 31.7 Å². The van der Waals surface area contributed by atoms with Gasteiger partial charge in [0.1, 0.15) is 4.21 Å². The molecule has 0 aliphatic carbocycles. The van der Waals surface area contributed by atoms with Crippen LogP contribution in [0.2, 0.25) is 0 Å². The molecule has 0 spiro atoms. The molecule has 1 aliphatic heterocycles. The van der Waals surface area contributed by atoms with E-state index in [4.69, 9.17) is 0 Å². The van der Waals surface area contributed by atoms with Gasteiger partial charge in [0.2, 0.25) is 0 Å². The van der Waals surface area contributed by atoms with Crippen molar-refractivity contribution in [3.63, 3.8) is 0 Å². The van der Waals surface area contributed by atoms with Crippen molar-refractivity contribution in [3.8, 4) is 11.1 Å². The molecule has 0 unspecified atom stereocenters. The molecule has 1 fully saturated rings. The number of rotatable bonds is 4. The number of nitrogens with zero attached hydrogens (tertiary/aromatic N) is 2. The molecule has 28 heavy (non-hydrogen) atoms. The molecule has 0 N–H and O–H groups in total. The maximum atomic E-state index is 13.1. The Balaban J connectivity index is 1.48. The summed E-state index contributed by atoms with van der Waals surface area (Å²) in [6.45, 7) is 3.46. The molecule has 4 rings (SSSR count). The van der Waals surface area contributed by atoms with Gasteiger partial charge >= 0.3 is 0 Å². The predicted octanol–water partition coefficient (Wildman–Crippen LogP) is 3.93. The maximum Gasteiger partial charge on any atom is 0.264 e. The molecule has 146 valence electrons. The number of hydrogen-bond donors (Lipinski definition) is 0. The molecule has 0 bridgehead atoms. The van der Waals surface area contributed by atoms with Gasteiger partial charge in [-0.25, -0.2) is 8.42 Å². The fourth-order valence-corrected chi connectivity index (χ4v) is 6.70. The molecule has 2 aromatic heterocycles. The minimum absolute atomic E-state index is 0.0289. The first-order chi connectivity index (χ1) is 13.5. The molecule has 0 saturated carbocycles. The molecule has 1 aromatic carbocycles. The van der Waals surface area contributed by atoms with Gasteiger partial charge < -0.3 is 4.90 Å². The second-order valence-corrected chi connectivity index (χ2v) is 10.7. The second-order valence-electron chi connectivity index (χ2n) is 6.66. The summed E-state index contributed by atoms with van der Waals surface area (Å²) in [6, 6.07) is 13.5. The van der Waals surface area contributed by atoms with E-state index in [0.717, 1.165) is 11.1 Å². The lowest BCUT2D eigenvalue weighted by molar-refractivity contribution is 0.0703. The van der Waals surface area contributed by atoms with Crippen LogP contribution >= 0.6 is 22.7 Å². The summed E-state index contributed by atoms with van der Waals surface area (Å²) in [5.41, 5.74) is 3.13. The summed E-state index contributed by atoms with van der Waals surface area (Å²) in [7, 11) is -3.46. The van der Waals surface area contributed by atoms with E-state index in [-0.39, 0.29) is 5.91 Å². The van der Waals surface area contributed by atoms with Crippen LogP contribution in [0.1, 0.15) is 15.2 Å². The second kappa shape index (κ2) is 7.79. The van der Waals surface area contributed by atoms with E-state index >= 15 is 0 Å². The van der Waals surface area contributed by atoms with E-state index in [2.05, 4.69) is 0 Å². The highest BCUT2D eigenvalue weighted by atomic mass is 32.2. The average Bonchev–Trinajstić information content (AvgIpc) is 3.40.